The lowest BCUT2D eigenvalue weighted by Crippen LogP contribution is -2.24. The molecule has 0 unspecified atom stereocenters. The normalized spacial score (nSPS) is 11.6. The van der Waals surface area contributed by atoms with Gasteiger partial charge in [0.05, 0.1) is 11.5 Å². The summed E-state index contributed by atoms with van der Waals surface area (Å²) < 4.78 is 37.4. The minimum atomic E-state index is -3.62. The van der Waals surface area contributed by atoms with E-state index in [9.17, 15) is 13.2 Å². The van der Waals surface area contributed by atoms with Crippen molar-refractivity contribution in [1.29, 1.82) is 0 Å². The third kappa shape index (κ3) is 3.62. The molecular formula is C16H19NO5S. The van der Waals surface area contributed by atoms with E-state index in [1.54, 1.807) is 19.9 Å². The zero-order valence-corrected chi connectivity index (χ0v) is 13.9. The molecule has 0 aliphatic rings. The average molecular weight is 337 g/mol. The molecule has 23 heavy (non-hydrogen) atoms. The van der Waals surface area contributed by atoms with Crippen LogP contribution in [0.4, 0.5) is 0 Å². The molecule has 6 nitrogen and oxygen atoms in total. The number of aryl methyl sites for hydroxylation is 1. The van der Waals surface area contributed by atoms with Crippen LogP contribution in [0.15, 0.2) is 40.2 Å². The standard InChI is InChI=1S/C16H19NO5S/c1-4-6-9-17-23(19,20)12-7-8-14-13(10-12)11(3)15(22-14)16(18)21-5-2/h4,7-8,10,17H,1,5-6,9H2,2-3H3. The first-order valence-electron chi connectivity index (χ1n) is 7.21. The first kappa shape index (κ1) is 17.2. The molecule has 2 aromatic rings. The molecule has 2 rings (SSSR count). The third-order valence-corrected chi connectivity index (χ3v) is 4.78. The summed E-state index contributed by atoms with van der Waals surface area (Å²) in [5.41, 5.74) is 0.997. The van der Waals surface area contributed by atoms with Gasteiger partial charge < -0.3 is 9.15 Å². The number of furan rings is 1. The summed E-state index contributed by atoms with van der Waals surface area (Å²) in [6, 6.07) is 4.47. The van der Waals surface area contributed by atoms with Crippen molar-refractivity contribution in [3.8, 4) is 0 Å². The number of sulfonamides is 1. The van der Waals surface area contributed by atoms with E-state index in [1.807, 2.05) is 0 Å². The van der Waals surface area contributed by atoms with Crippen molar-refractivity contribution in [2.24, 2.45) is 0 Å². The van der Waals surface area contributed by atoms with Gasteiger partial charge in [-0.1, -0.05) is 6.08 Å². The predicted octanol–water partition coefficient (Wildman–Crippen LogP) is 2.77. The van der Waals surface area contributed by atoms with Gasteiger partial charge >= 0.3 is 5.97 Å². The number of carbonyl (C=O) groups excluding carboxylic acids is 1. The average Bonchev–Trinajstić information content (AvgIpc) is 2.84. The Kier molecular flexibility index (Phi) is 5.23. The fourth-order valence-electron chi connectivity index (χ4n) is 2.14. The van der Waals surface area contributed by atoms with Gasteiger partial charge in [-0.2, -0.15) is 0 Å². The summed E-state index contributed by atoms with van der Waals surface area (Å²) in [6.07, 6.45) is 2.18. The Balaban J connectivity index is 2.40. The topological polar surface area (TPSA) is 85.6 Å². The molecule has 0 fully saturated rings. The molecular weight excluding hydrogens is 318 g/mol. The second-order valence-corrected chi connectivity index (χ2v) is 6.68. The smallest absolute Gasteiger partial charge is 0.374 e. The first-order valence-corrected chi connectivity index (χ1v) is 8.70. The van der Waals surface area contributed by atoms with Gasteiger partial charge in [0.2, 0.25) is 15.8 Å². The first-order chi connectivity index (χ1) is 10.9. The highest BCUT2D eigenvalue weighted by Gasteiger charge is 2.21. The Labute approximate surface area is 135 Å². The fourth-order valence-corrected chi connectivity index (χ4v) is 3.21. The number of esters is 1. The summed E-state index contributed by atoms with van der Waals surface area (Å²) in [6.45, 7) is 7.47. The SMILES string of the molecule is C=CCCNS(=O)(=O)c1ccc2oc(C(=O)OCC)c(C)c2c1. The molecule has 1 aromatic heterocycles. The number of hydrogen-bond donors (Lipinski definition) is 1. The van der Waals surface area contributed by atoms with Crippen molar-refractivity contribution >= 4 is 27.0 Å². The number of benzene rings is 1. The van der Waals surface area contributed by atoms with Gasteiger partial charge in [-0.3, -0.25) is 0 Å². The lowest BCUT2D eigenvalue weighted by Gasteiger charge is -2.05. The van der Waals surface area contributed by atoms with Crippen LogP contribution in [0.5, 0.6) is 0 Å². The lowest BCUT2D eigenvalue weighted by atomic mass is 10.1. The Hall–Kier alpha value is -2.12. The van der Waals surface area contributed by atoms with Crippen LogP contribution in [0, 0.1) is 6.92 Å². The van der Waals surface area contributed by atoms with E-state index in [1.165, 1.54) is 18.2 Å². The van der Waals surface area contributed by atoms with Crippen molar-refractivity contribution in [2.45, 2.75) is 25.2 Å². The van der Waals surface area contributed by atoms with E-state index in [2.05, 4.69) is 11.3 Å². The molecule has 0 aliphatic carbocycles. The number of fused-ring (bicyclic) bond motifs is 1. The summed E-state index contributed by atoms with van der Waals surface area (Å²) in [4.78, 5) is 12.0. The largest absolute Gasteiger partial charge is 0.460 e. The van der Waals surface area contributed by atoms with E-state index in [-0.39, 0.29) is 23.8 Å². The van der Waals surface area contributed by atoms with E-state index in [0.29, 0.717) is 23.0 Å². The van der Waals surface area contributed by atoms with Crippen molar-refractivity contribution in [1.82, 2.24) is 4.72 Å². The molecule has 0 saturated heterocycles. The maximum atomic E-state index is 12.2. The summed E-state index contributed by atoms with van der Waals surface area (Å²) in [7, 11) is -3.62. The van der Waals surface area contributed by atoms with Gasteiger partial charge in [0.25, 0.3) is 0 Å². The molecule has 0 amide bonds. The number of rotatable bonds is 7. The second kappa shape index (κ2) is 6.97. The fraction of sp³-hybridized carbons (Fsp3) is 0.312. The molecule has 124 valence electrons. The number of carbonyl (C=O) groups is 1. The number of ether oxygens (including phenoxy) is 1. The molecule has 1 heterocycles. The van der Waals surface area contributed by atoms with Crippen LogP contribution >= 0.6 is 0 Å². The Bertz CT molecular complexity index is 836. The quantitative estimate of drug-likeness (QED) is 0.477. The van der Waals surface area contributed by atoms with Gasteiger partial charge in [-0.05, 0) is 38.5 Å². The number of nitrogens with one attached hydrogen (secondary N) is 1. The van der Waals surface area contributed by atoms with Gasteiger partial charge in [0.15, 0.2) is 0 Å². The van der Waals surface area contributed by atoms with Gasteiger partial charge in [0.1, 0.15) is 5.58 Å². The third-order valence-electron chi connectivity index (χ3n) is 3.32. The van der Waals surface area contributed by atoms with Gasteiger partial charge in [0, 0.05) is 17.5 Å². The number of hydrogen-bond acceptors (Lipinski definition) is 5. The van der Waals surface area contributed by atoms with Crippen molar-refractivity contribution in [3.63, 3.8) is 0 Å². The molecule has 0 saturated carbocycles. The minimum absolute atomic E-state index is 0.0935. The molecule has 1 N–H and O–H groups in total. The van der Waals surface area contributed by atoms with E-state index >= 15 is 0 Å². The highest BCUT2D eigenvalue weighted by molar-refractivity contribution is 7.89. The zero-order chi connectivity index (χ0) is 17.0. The molecule has 0 bridgehead atoms. The van der Waals surface area contributed by atoms with E-state index in [4.69, 9.17) is 9.15 Å². The van der Waals surface area contributed by atoms with Crippen molar-refractivity contribution < 1.29 is 22.4 Å². The van der Waals surface area contributed by atoms with Crippen molar-refractivity contribution in [3.05, 3.63) is 42.2 Å². The van der Waals surface area contributed by atoms with Crippen LogP contribution in [-0.2, 0) is 14.8 Å². The maximum absolute atomic E-state index is 12.2. The second-order valence-electron chi connectivity index (χ2n) is 4.91. The Morgan fingerprint density at radius 3 is 2.83 bits per heavy atom. The van der Waals surface area contributed by atoms with Crippen molar-refractivity contribution in [2.75, 3.05) is 13.2 Å². The Morgan fingerprint density at radius 2 is 2.17 bits per heavy atom. The molecule has 0 spiro atoms. The van der Waals surface area contributed by atoms with Crippen LogP contribution < -0.4 is 4.72 Å². The van der Waals surface area contributed by atoms with E-state index < -0.39 is 16.0 Å². The molecule has 1 aromatic carbocycles. The zero-order valence-electron chi connectivity index (χ0n) is 13.1. The van der Waals surface area contributed by atoms with Crippen LogP contribution in [0.2, 0.25) is 0 Å². The molecule has 0 aliphatic heterocycles. The highest BCUT2D eigenvalue weighted by Crippen LogP contribution is 2.28. The van der Waals surface area contributed by atoms with Crippen LogP contribution in [0.1, 0.15) is 29.5 Å². The van der Waals surface area contributed by atoms with Crippen LogP contribution in [-0.4, -0.2) is 27.5 Å². The lowest BCUT2D eigenvalue weighted by molar-refractivity contribution is 0.0491. The highest BCUT2D eigenvalue weighted by atomic mass is 32.2. The monoisotopic (exact) mass is 337 g/mol. The van der Waals surface area contributed by atoms with E-state index in [0.717, 1.165) is 0 Å². The van der Waals surface area contributed by atoms with Crippen LogP contribution in [0.25, 0.3) is 11.0 Å². The molecule has 7 heteroatoms. The summed E-state index contributed by atoms with van der Waals surface area (Å²) in [5, 5.41) is 0.569. The summed E-state index contributed by atoms with van der Waals surface area (Å²) >= 11 is 0. The van der Waals surface area contributed by atoms with Crippen LogP contribution in [0.3, 0.4) is 0 Å². The van der Waals surface area contributed by atoms with Gasteiger partial charge in [-0.25, -0.2) is 17.9 Å². The predicted molar refractivity (Wildman–Crippen MR) is 86.9 cm³/mol. The molecule has 0 atom stereocenters. The summed E-state index contributed by atoms with van der Waals surface area (Å²) in [5.74, 6) is -0.467. The molecule has 0 radical (unpaired) electrons. The van der Waals surface area contributed by atoms with Gasteiger partial charge in [-0.15, -0.1) is 6.58 Å². The Morgan fingerprint density at radius 1 is 1.43 bits per heavy atom. The minimum Gasteiger partial charge on any atom is -0.460 e. The maximum Gasteiger partial charge on any atom is 0.374 e.